The lowest BCUT2D eigenvalue weighted by atomic mass is 10.0. The summed E-state index contributed by atoms with van der Waals surface area (Å²) in [5.41, 5.74) is 6.80. The number of nitrogens with zero attached hydrogens (tertiary/aromatic N) is 2. The maximum absolute atomic E-state index is 12.7. The maximum Gasteiger partial charge on any atom is 0.317 e. The number of nitrogens with one attached hydrogen (secondary N) is 1. The normalized spacial score (nSPS) is 16.3. The standard InChI is InChI=1S/C21H26Cl2N4O2S/c1-12(25-21(29)27(3)13-8-10-26(2)11-9-13)14-4-5-15(19(23)18(14)22)16-6-7-17(30-16)20(24)28/h4-7,12-13H,8-11H2,1-3H3,(H2,24,28)(H,25,29). The number of urea groups is 1. The van der Waals surface area contributed by atoms with Gasteiger partial charge in [-0.15, -0.1) is 11.3 Å². The van der Waals surface area contributed by atoms with Crippen LogP contribution in [0.1, 0.15) is 41.0 Å². The smallest absolute Gasteiger partial charge is 0.317 e. The molecular formula is C21H26Cl2N4O2S. The molecular weight excluding hydrogens is 443 g/mol. The van der Waals surface area contributed by atoms with E-state index in [1.165, 1.54) is 11.3 Å². The lowest BCUT2D eigenvalue weighted by Crippen LogP contribution is -2.48. The van der Waals surface area contributed by atoms with Crippen molar-refractivity contribution in [2.24, 2.45) is 5.73 Å². The van der Waals surface area contributed by atoms with E-state index in [2.05, 4.69) is 17.3 Å². The largest absolute Gasteiger partial charge is 0.365 e. The van der Waals surface area contributed by atoms with Gasteiger partial charge in [0.15, 0.2) is 0 Å². The van der Waals surface area contributed by atoms with E-state index in [4.69, 9.17) is 28.9 Å². The predicted molar refractivity (Wildman–Crippen MR) is 124 cm³/mol. The Morgan fingerprint density at radius 2 is 1.87 bits per heavy atom. The molecule has 0 aliphatic carbocycles. The second kappa shape index (κ2) is 9.56. The summed E-state index contributed by atoms with van der Waals surface area (Å²) in [5, 5.41) is 3.80. The highest BCUT2D eigenvalue weighted by Crippen LogP contribution is 2.40. The Labute approximate surface area is 190 Å². The molecule has 6 nitrogen and oxygen atoms in total. The average Bonchev–Trinajstić information content (AvgIpc) is 3.20. The molecule has 3 N–H and O–H groups in total. The third kappa shape index (κ3) is 4.91. The lowest BCUT2D eigenvalue weighted by Gasteiger charge is -2.35. The van der Waals surface area contributed by atoms with Crippen LogP contribution in [0.3, 0.4) is 0 Å². The van der Waals surface area contributed by atoms with Gasteiger partial charge in [0.05, 0.1) is 21.0 Å². The molecule has 3 amide bonds. The SMILES string of the molecule is CC(NC(=O)N(C)C1CCN(C)CC1)c1ccc(-c2ccc(C(N)=O)s2)c(Cl)c1Cl. The number of amides is 3. The lowest BCUT2D eigenvalue weighted by molar-refractivity contribution is 0.100. The summed E-state index contributed by atoms with van der Waals surface area (Å²) in [5.74, 6) is -0.477. The molecule has 1 aliphatic heterocycles. The van der Waals surface area contributed by atoms with Gasteiger partial charge in [0.25, 0.3) is 5.91 Å². The van der Waals surface area contributed by atoms with Crippen molar-refractivity contribution in [3.05, 3.63) is 44.8 Å². The molecule has 0 bridgehead atoms. The van der Waals surface area contributed by atoms with Crippen LogP contribution < -0.4 is 11.1 Å². The zero-order valence-electron chi connectivity index (χ0n) is 17.2. The van der Waals surface area contributed by atoms with Gasteiger partial charge in [-0.25, -0.2) is 4.79 Å². The highest BCUT2D eigenvalue weighted by atomic mass is 35.5. The summed E-state index contributed by atoms with van der Waals surface area (Å²) in [6.45, 7) is 3.86. The minimum atomic E-state index is -0.477. The van der Waals surface area contributed by atoms with E-state index in [0.717, 1.165) is 41.9 Å². The molecule has 0 radical (unpaired) electrons. The van der Waals surface area contributed by atoms with Gasteiger partial charge in [-0.3, -0.25) is 4.79 Å². The van der Waals surface area contributed by atoms with E-state index < -0.39 is 5.91 Å². The second-order valence-electron chi connectivity index (χ2n) is 7.67. The highest BCUT2D eigenvalue weighted by molar-refractivity contribution is 7.17. The quantitative estimate of drug-likeness (QED) is 0.671. The Hall–Kier alpha value is -1.80. The topological polar surface area (TPSA) is 78.7 Å². The number of rotatable bonds is 5. The van der Waals surface area contributed by atoms with Crippen molar-refractivity contribution in [1.82, 2.24) is 15.1 Å². The van der Waals surface area contributed by atoms with Gasteiger partial charge in [0, 0.05) is 23.5 Å². The fraction of sp³-hybridized carbons (Fsp3) is 0.429. The first-order chi connectivity index (χ1) is 14.2. The van der Waals surface area contributed by atoms with Crippen molar-refractivity contribution >= 4 is 46.5 Å². The van der Waals surface area contributed by atoms with Gasteiger partial charge in [0.1, 0.15) is 0 Å². The molecule has 162 valence electrons. The first-order valence-electron chi connectivity index (χ1n) is 9.78. The van der Waals surface area contributed by atoms with Crippen molar-refractivity contribution in [2.75, 3.05) is 27.2 Å². The first kappa shape index (κ1) is 22.9. The van der Waals surface area contributed by atoms with E-state index in [1.54, 1.807) is 17.0 Å². The Balaban J connectivity index is 1.72. The van der Waals surface area contributed by atoms with E-state index in [-0.39, 0.29) is 18.1 Å². The van der Waals surface area contributed by atoms with E-state index >= 15 is 0 Å². The molecule has 1 aliphatic rings. The summed E-state index contributed by atoms with van der Waals surface area (Å²) >= 11 is 14.3. The van der Waals surface area contributed by atoms with Crippen molar-refractivity contribution < 1.29 is 9.59 Å². The van der Waals surface area contributed by atoms with E-state index in [9.17, 15) is 9.59 Å². The molecule has 30 heavy (non-hydrogen) atoms. The number of carbonyl (C=O) groups excluding carboxylic acids is 2. The van der Waals surface area contributed by atoms with Crippen LogP contribution in [0.5, 0.6) is 0 Å². The number of nitrogens with two attached hydrogens (primary N) is 1. The fourth-order valence-electron chi connectivity index (χ4n) is 3.62. The average molecular weight is 469 g/mol. The molecule has 0 saturated carbocycles. The van der Waals surface area contributed by atoms with Gasteiger partial charge in [-0.2, -0.15) is 0 Å². The third-order valence-corrected chi connectivity index (χ3v) is 7.62. The molecule has 2 aromatic rings. The number of thiophene rings is 1. The van der Waals surface area contributed by atoms with E-state index in [0.29, 0.717) is 14.9 Å². The van der Waals surface area contributed by atoms with Crippen LogP contribution in [0.15, 0.2) is 24.3 Å². The fourth-order valence-corrected chi connectivity index (χ4v) is 5.17. The predicted octanol–water partition coefficient (Wildman–Crippen LogP) is 4.62. The second-order valence-corrected chi connectivity index (χ2v) is 9.51. The summed E-state index contributed by atoms with van der Waals surface area (Å²) in [6, 6.07) is 6.96. The van der Waals surface area contributed by atoms with Crippen molar-refractivity contribution in [3.63, 3.8) is 0 Å². The van der Waals surface area contributed by atoms with Crippen LogP contribution in [-0.2, 0) is 0 Å². The molecule has 1 fully saturated rings. The molecule has 1 atom stereocenters. The number of piperidine rings is 1. The molecule has 1 aromatic heterocycles. The monoisotopic (exact) mass is 468 g/mol. The van der Waals surface area contributed by atoms with Crippen LogP contribution in [-0.4, -0.2) is 55.0 Å². The molecule has 3 rings (SSSR count). The van der Waals surface area contributed by atoms with Gasteiger partial charge < -0.3 is 20.9 Å². The minimum Gasteiger partial charge on any atom is -0.365 e. The maximum atomic E-state index is 12.7. The zero-order chi connectivity index (χ0) is 22.0. The van der Waals surface area contributed by atoms with Gasteiger partial charge in [-0.05, 0) is 57.6 Å². The summed E-state index contributed by atoms with van der Waals surface area (Å²) in [6.07, 6.45) is 1.92. The summed E-state index contributed by atoms with van der Waals surface area (Å²) < 4.78 is 0. The number of hydrogen-bond donors (Lipinski definition) is 2. The number of primary amides is 1. The van der Waals surface area contributed by atoms with Crippen LogP contribution in [0.25, 0.3) is 10.4 Å². The van der Waals surface area contributed by atoms with Gasteiger partial charge in [-0.1, -0.05) is 35.3 Å². The van der Waals surface area contributed by atoms with Crippen LogP contribution in [0.4, 0.5) is 4.79 Å². The molecule has 2 heterocycles. The molecule has 1 saturated heterocycles. The third-order valence-electron chi connectivity index (χ3n) is 5.59. The van der Waals surface area contributed by atoms with Crippen molar-refractivity contribution in [2.45, 2.75) is 31.8 Å². The number of hydrogen-bond acceptors (Lipinski definition) is 4. The Kier molecular flexibility index (Phi) is 7.29. The Morgan fingerprint density at radius 1 is 1.20 bits per heavy atom. The minimum absolute atomic E-state index is 0.127. The number of likely N-dealkylation sites (tertiary alicyclic amines) is 1. The van der Waals surface area contributed by atoms with Crippen molar-refractivity contribution in [3.8, 4) is 10.4 Å². The van der Waals surface area contributed by atoms with Gasteiger partial charge >= 0.3 is 6.03 Å². The highest BCUT2D eigenvalue weighted by Gasteiger charge is 2.26. The number of benzene rings is 1. The number of carbonyl (C=O) groups is 2. The number of halogens is 2. The first-order valence-corrected chi connectivity index (χ1v) is 11.4. The molecule has 1 unspecified atom stereocenters. The van der Waals surface area contributed by atoms with Crippen molar-refractivity contribution in [1.29, 1.82) is 0 Å². The van der Waals surface area contributed by atoms with E-state index in [1.807, 2.05) is 26.1 Å². The Morgan fingerprint density at radius 3 is 2.47 bits per heavy atom. The molecule has 0 spiro atoms. The van der Waals surface area contributed by atoms with Crippen LogP contribution in [0.2, 0.25) is 10.0 Å². The zero-order valence-corrected chi connectivity index (χ0v) is 19.6. The summed E-state index contributed by atoms with van der Waals surface area (Å²) in [4.78, 5) is 29.4. The molecule has 1 aromatic carbocycles. The van der Waals surface area contributed by atoms with Gasteiger partial charge in [0.2, 0.25) is 0 Å². The Bertz CT molecular complexity index is 941. The van der Waals surface area contributed by atoms with Crippen LogP contribution >= 0.6 is 34.5 Å². The van der Waals surface area contributed by atoms with Crippen LogP contribution in [0, 0.1) is 0 Å². The molecule has 9 heteroatoms. The summed E-state index contributed by atoms with van der Waals surface area (Å²) in [7, 11) is 3.93.